The Morgan fingerprint density at radius 3 is 2.50 bits per heavy atom. The molecule has 0 bridgehead atoms. The first kappa shape index (κ1) is 26.3. The van der Waals surface area contributed by atoms with E-state index >= 15 is 0 Å². The van der Waals surface area contributed by atoms with Crippen molar-refractivity contribution >= 4 is 47.5 Å². The van der Waals surface area contributed by atoms with Crippen molar-refractivity contribution < 1.29 is 19.4 Å². The summed E-state index contributed by atoms with van der Waals surface area (Å²) in [6, 6.07) is 12.3. The molecule has 6 nitrogen and oxygen atoms in total. The molecule has 0 radical (unpaired) electrons. The highest BCUT2D eigenvalue weighted by Gasteiger charge is 2.26. The number of rotatable bonds is 9. The number of carboxylic acids is 1. The Morgan fingerprint density at radius 1 is 1.12 bits per heavy atom. The SMILES string of the molecule is CN(C(=O)Cc1ccc(Cl)c(Cl)c1)C(CN1CCCC1)c1cccc(OCC(=O)O)c1.Cl. The van der Waals surface area contributed by atoms with Crippen molar-refractivity contribution in [1.29, 1.82) is 0 Å². The second-order valence-electron chi connectivity index (χ2n) is 7.71. The van der Waals surface area contributed by atoms with Crippen LogP contribution in [-0.4, -0.2) is 60.1 Å². The molecule has 2 aromatic rings. The van der Waals surface area contributed by atoms with E-state index in [-0.39, 0.29) is 30.8 Å². The fraction of sp³-hybridized carbons (Fsp3) is 0.391. The average molecular weight is 502 g/mol. The number of aliphatic carboxylic acids is 1. The summed E-state index contributed by atoms with van der Waals surface area (Å²) in [7, 11) is 1.80. The van der Waals surface area contributed by atoms with Gasteiger partial charge in [-0.05, 0) is 61.3 Å². The summed E-state index contributed by atoms with van der Waals surface area (Å²) in [5.74, 6) is -0.607. The van der Waals surface area contributed by atoms with Gasteiger partial charge in [-0.2, -0.15) is 0 Å². The van der Waals surface area contributed by atoms with Crippen LogP contribution in [0.3, 0.4) is 0 Å². The molecule has 174 valence electrons. The van der Waals surface area contributed by atoms with Crippen molar-refractivity contribution in [3.05, 3.63) is 63.6 Å². The zero-order valence-corrected chi connectivity index (χ0v) is 20.1. The van der Waals surface area contributed by atoms with E-state index in [2.05, 4.69) is 4.90 Å². The van der Waals surface area contributed by atoms with E-state index in [1.165, 1.54) is 0 Å². The van der Waals surface area contributed by atoms with E-state index in [1.54, 1.807) is 36.2 Å². The summed E-state index contributed by atoms with van der Waals surface area (Å²) in [5, 5.41) is 9.76. The normalized spacial score (nSPS) is 14.5. The minimum Gasteiger partial charge on any atom is -0.482 e. The number of hydrogen-bond donors (Lipinski definition) is 1. The fourth-order valence-corrected chi connectivity index (χ4v) is 4.06. The third kappa shape index (κ3) is 7.27. The Morgan fingerprint density at radius 2 is 1.84 bits per heavy atom. The second kappa shape index (κ2) is 12.3. The number of nitrogens with zero attached hydrogens (tertiary/aromatic N) is 2. The monoisotopic (exact) mass is 500 g/mol. The van der Waals surface area contributed by atoms with Crippen molar-refractivity contribution in [3.63, 3.8) is 0 Å². The zero-order chi connectivity index (χ0) is 22.4. The Balaban J connectivity index is 0.00000363. The predicted octanol–water partition coefficient (Wildman–Crippen LogP) is 4.72. The van der Waals surface area contributed by atoms with E-state index in [4.69, 9.17) is 33.0 Å². The summed E-state index contributed by atoms with van der Waals surface area (Å²) in [6.45, 7) is 2.29. The quantitative estimate of drug-likeness (QED) is 0.538. The highest BCUT2D eigenvalue weighted by atomic mass is 35.5. The topological polar surface area (TPSA) is 70.1 Å². The zero-order valence-electron chi connectivity index (χ0n) is 17.8. The second-order valence-corrected chi connectivity index (χ2v) is 8.52. The molecule has 3 rings (SSSR count). The summed E-state index contributed by atoms with van der Waals surface area (Å²) in [4.78, 5) is 28.0. The van der Waals surface area contributed by atoms with Gasteiger partial charge in [0, 0.05) is 13.6 Å². The maximum Gasteiger partial charge on any atom is 0.341 e. The van der Waals surface area contributed by atoms with Gasteiger partial charge in [-0.25, -0.2) is 4.79 Å². The van der Waals surface area contributed by atoms with E-state index in [0.717, 1.165) is 37.1 Å². The molecule has 0 aromatic heterocycles. The lowest BCUT2D eigenvalue weighted by Crippen LogP contribution is -2.39. The van der Waals surface area contributed by atoms with Crippen LogP contribution >= 0.6 is 35.6 Å². The lowest BCUT2D eigenvalue weighted by Gasteiger charge is -2.32. The minimum absolute atomic E-state index is 0. The van der Waals surface area contributed by atoms with Crippen molar-refractivity contribution in [2.24, 2.45) is 0 Å². The minimum atomic E-state index is -1.03. The first-order valence-corrected chi connectivity index (χ1v) is 11.0. The average Bonchev–Trinajstić information content (AvgIpc) is 3.26. The summed E-state index contributed by atoms with van der Waals surface area (Å²) in [6.07, 6.45) is 2.50. The van der Waals surface area contributed by atoms with E-state index in [9.17, 15) is 9.59 Å². The molecule has 0 saturated carbocycles. The number of benzene rings is 2. The molecular weight excluding hydrogens is 475 g/mol. The van der Waals surface area contributed by atoms with E-state index in [0.29, 0.717) is 22.3 Å². The number of amides is 1. The lowest BCUT2D eigenvalue weighted by molar-refractivity contribution is -0.139. The summed E-state index contributed by atoms with van der Waals surface area (Å²) < 4.78 is 5.34. The van der Waals surface area contributed by atoms with Crippen LogP contribution in [0.1, 0.15) is 30.0 Å². The molecular formula is C23H27Cl3N2O4. The molecule has 32 heavy (non-hydrogen) atoms. The molecule has 1 unspecified atom stereocenters. The molecule has 2 aromatic carbocycles. The number of carbonyl (C=O) groups is 2. The number of ether oxygens (including phenoxy) is 1. The third-order valence-electron chi connectivity index (χ3n) is 5.44. The molecule has 1 atom stereocenters. The van der Waals surface area contributed by atoms with Gasteiger partial charge < -0.3 is 19.6 Å². The van der Waals surface area contributed by atoms with Gasteiger partial charge in [-0.3, -0.25) is 4.79 Å². The largest absolute Gasteiger partial charge is 0.482 e. The van der Waals surface area contributed by atoms with Gasteiger partial charge >= 0.3 is 5.97 Å². The first-order chi connectivity index (χ1) is 14.8. The molecule has 9 heteroatoms. The van der Waals surface area contributed by atoms with Crippen LogP contribution in [0.15, 0.2) is 42.5 Å². The third-order valence-corrected chi connectivity index (χ3v) is 6.17. The van der Waals surface area contributed by atoms with Crippen LogP contribution in [0.4, 0.5) is 0 Å². The Kier molecular flexibility index (Phi) is 10.1. The molecule has 1 heterocycles. The standard InChI is InChI=1S/C23H26Cl2N2O4.ClH/c1-26(22(28)12-16-7-8-19(24)20(25)11-16)21(14-27-9-2-3-10-27)17-5-4-6-18(13-17)31-15-23(29)30;/h4-8,11,13,21H,2-3,9-10,12,14-15H2,1H3,(H,29,30);1H. The van der Waals surface area contributed by atoms with E-state index < -0.39 is 12.6 Å². The number of carboxylic acid groups (broad SMARTS) is 1. The van der Waals surface area contributed by atoms with Crippen LogP contribution in [0.2, 0.25) is 10.0 Å². The number of halogens is 3. The molecule has 1 amide bonds. The maximum atomic E-state index is 13.1. The maximum absolute atomic E-state index is 13.1. The van der Waals surface area contributed by atoms with Gasteiger partial charge in [0.1, 0.15) is 5.75 Å². The van der Waals surface area contributed by atoms with Gasteiger partial charge in [0.05, 0.1) is 22.5 Å². The molecule has 0 aliphatic carbocycles. The Bertz CT molecular complexity index is 935. The van der Waals surface area contributed by atoms with Crippen molar-refractivity contribution in [3.8, 4) is 5.75 Å². The Labute approximate surface area is 204 Å². The Hall–Kier alpha value is -1.99. The van der Waals surface area contributed by atoms with Gasteiger partial charge in [-0.1, -0.05) is 41.4 Å². The predicted molar refractivity (Wildman–Crippen MR) is 128 cm³/mol. The molecule has 0 spiro atoms. The van der Waals surface area contributed by atoms with Gasteiger partial charge in [0.2, 0.25) is 5.91 Å². The molecule has 1 saturated heterocycles. The number of hydrogen-bond acceptors (Lipinski definition) is 4. The van der Waals surface area contributed by atoms with Crippen LogP contribution in [-0.2, 0) is 16.0 Å². The smallest absolute Gasteiger partial charge is 0.341 e. The first-order valence-electron chi connectivity index (χ1n) is 10.2. The van der Waals surface area contributed by atoms with Crippen molar-refractivity contribution in [2.75, 3.05) is 33.3 Å². The van der Waals surface area contributed by atoms with E-state index in [1.807, 2.05) is 18.2 Å². The van der Waals surface area contributed by atoms with Gasteiger partial charge in [-0.15, -0.1) is 12.4 Å². The molecule has 1 aliphatic heterocycles. The number of likely N-dealkylation sites (tertiary alicyclic amines) is 1. The van der Waals surface area contributed by atoms with Gasteiger partial charge in [0.25, 0.3) is 0 Å². The van der Waals surface area contributed by atoms with Gasteiger partial charge in [0.15, 0.2) is 6.61 Å². The molecule has 1 aliphatic rings. The van der Waals surface area contributed by atoms with Crippen molar-refractivity contribution in [1.82, 2.24) is 9.80 Å². The summed E-state index contributed by atoms with van der Waals surface area (Å²) in [5.41, 5.74) is 1.70. The number of likely N-dealkylation sites (N-methyl/N-ethyl adjacent to an activating group) is 1. The van der Waals surface area contributed by atoms with Crippen molar-refractivity contribution in [2.45, 2.75) is 25.3 Å². The molecule has 1 N–H and O–H groups in total. The van der Waals surface area contributed by atoms with Crippen LogP contribution in [0.5, 0.6) is 5.75 Å². The van der Waals surface area contributed by atoms with Crippen LogP contribution < -0.4 is 4.74 Å². The highest BCUT2D eigenvalue weighted by Crippen LogP contribution is 2.28. The van der Waals surface area contributed by atoms with Crippen LogP contribution in [0.25, 0.3) is 0 Å². The van der Waals surface area contributed by atoms with Crippen LogP contribution in [0, 0.1) is 0 Å². The fourth-order valence-electron chi connectivity index (χ4n) is 3.74. The highest BCUT2D eigenvalue weighted by molar-refractivity contribution is 6.42. The summed E-state index contributed by atoms with van der Waals surface area (Å²) >= 11 is 12.1. The number of carbonyl (C=O) groups excluding carboxylic acids is 1. The lowest BCUT2D eigenvalue weighted by atomic mass is 10.0. The molecule has 1 fully saturated rings.